The van der Waals surface area contributed by atoms with Crippen LogP contribution in [0.25, 0.3) is 0 Å². The van der Waals surface area contributed by atoms with Crippen molar-refractivity contribution in [2.45, 2.75) is 13.5 Å². The maximum atomic E-state index is 12.1. The van der Waals surface area contributed by atoms with Crippen LogP contribution in [0.1, 0.15) is 22.8 Å². The number of esters is 1. The number of rotatable bonds is 7. The fourth-order valence-electron chi connectivity index (χ4n) is 2.30. The van der Waals surface area contributed by atoms with Gasteiger partial charge in [0.15, 0.2) is 0 Å². The van der Waals surface area contributed by atoms with Gasteiger partial charge in [-0.2, -0.15) is 0 Å². The van der Waals surface area contributed by atoms with Gasteiger partial charge in [0.2, 0.25) is 5.91 Å². The van der Waals surface area contributed by atoms with E-state index in [1.54, 1.807) is 31.2 Å². The molecule has 126 valence electrons. The Morgan fingerprint density at radius 3 is 2.33 bits per heavy atom. The third kappa shape index (κ3) is 5.52. The fourth-order valence-corrected chi connectivity index (χ4v) is 2.30. The van der Waals surface area contributed by atoms with Gasteiger partial charge in [0.05, 0.1) is 18.7 Å². The number of nitrogens with one attached hydrogen (secondary N) is 1. The number of carbonyl (C=O) groups is 2. The normalized spacial score (nSPS) is 10.5. The van der Waals surface area contributed by atoms with Gasteiger partial charge in [0, 0.05) is 12.2 Å². The Morgan fingerprint density at radius 2 is 1.71 bits per heavy atom. The molecular formula is C19H22N2O3. The smallest absolute Gasteiger partial charge is 0.338 e. The molecule has 2 rings (SSSR count). The second-order valence-corrected chi connectivity index (χ2v) is 5.50. The fraction of sp³-hybridized carbons (Fsp3) is 0.263. The molecule has 1 amide bonds. The van der Waals surface area contributed by atoms with Gasteiger partial charge in [0.25, 0.3) is 0 Å². The second-order valence-electron chi connectivity index (χ2n) is 5.50. The van der Waals surface area contributed by atoms with Crippen LogP contribution in [0.3, 0.4) is 0 Å². The number of carbonyl (C=O) groups excluding carboxylic acids is 2. The first-order valence-electron chi connectivity index (χ1n) is 7.88. The molecule has 0 bridgehead atoms. The van der Waals surface area contributed by atoms with Crippen LogP contribution in [0.4, 0.5) is 5.69 Å². The van der Waals surface area contributed by atoms with Crippen molar-refractivity contribution in [3.63, 3.8) is 0 Å². The van der Waals surface area contributed by atoms with Gasteiger partial charge < -0.3 is 10.1 Å². The molecule has 0 spiro atoms. The first-order chi connectivity index (χ1) is 11.6. The minimum absolute atomic E-state index is 0.0997. The number of ether oxygens (including phenoxy) is 1. The predicted molar refractivity (Wildman–Crippen MR) is 93.8 cm³/mol. The molecule has 0 saturated carbocycles. The summed E-state index contributed by atoms with van der Waals surface area (Å²) in [6.07, 6.45) is 0. The summed E-state index contributed by atoms with van der Waals surface area (Å²) in [6.45, 7) is 3.09. The SMILES string of the molecule is CCOC(=O)c1ccc(NC(=O)CN(C)Cc2ccccc2)cc1. The number of hydrogen-bond acceptors (Lipinski definition) is 4. The highest BCUT2D eigenvalue weighted by Gasteiger charge is 2.09. The summed E-state index contributed by atoms with van der Waals surface area (Å²) in [5.41, 5.74) is 2.28. The molecule has 0 atom stereocenters. The van der Waals surface area contributed by atoms with E-state index >= 15 is 0 Å². The Hall–Kier alpha value is -2.66. The summed E-state index contributed by atoms with van der Waals surface area (Å²) in [6, 6.07) is 16.7. The lowest BCUT2D eigenvalue weighted by molar-refractivity contribution is -0.117. The molecule has 24 heavy (non-hydrogen) atoms. The summed E-state index contributed by atoms with van der Waals surface area (Å²) < 4.78 is 4.93. The van der Waals surface area contributed by atoms with E-state index in [1.807, 2.05) is 42.3 Å². The maximum Gasteiger partial charge on any atom is 0.338 e. The van der Waals surface area contributed by atoms with Crippen molar-refractivity contribution in [1.82, 2.24) is 4.90 Å². The van der Waals surface area contributed by atoms with Crippen molar-refractivity contribution in [1.29, 1.82) is 0 Å². The molecule has 2 aromatic rings. The summed E-state index contributed by atoms with van der Waals surface area (Å²) >= 11 is 0. The molecule has 5 nitrogen and oxygen atoms in total. The van der Waals surface area contributed by atoms with Crippen molar-refractivity contribution >= 4 is 17.6 Å². The Kier molecular flexibility index (Phi) is 6.51. The molecule has 0 unspecified atom stereocenters. The van der Waals surface area contributed by atoms with Crippen molar-refractivity contribution in [3.8, 4) is 0 Å². The van der Waals surface area contributed by atoms with E-state index in [4.69, 9.17) is 4.74 Å². The van der Waals surface area contributed by atoms with Crippen LogP contribution in [0, 0.1) is 0 Å². The highest BCUT2D eigenvalue weighted by molar-refractivity contribution is 5.94. The molecule has 0 heterocycles. The lowest BCUT2D eigenvalue weighted by Crippen LogP contribution is -2.29. The number of anilines is 1. The molecule has 5 heteroatoms. The molecule has 2 aromatic carbocycles. The van der Waals surface area contributed by atoms with Gasteiger partial charge in [-0.1, -0.05) is 30.3 Å². The molecule has 0 aliphatic rings. The lowest BCUT2D eigenvalue weighted by atomic mass is 10.2. The van der Waals surface area contributed by atoms with Crippen LogP contribution in [0.5, 0.6) is 0 Å². The Balaban J connectivity index is 1.84. The molecule has 0 aliphatic heterocycles. The number of benzene rings is 2. The average Bonchev–Trinajstić information content (AvgIpc) is 2.56. The highest BCUT2D eigenvalue weighted by Crippen LogP contribution is 2.11. The van der Waals surface area contributed by atoms with Gasteiger partial charge in [-0.05, 0) is 43.8 Å². The van der Waals surface area contributed by atoms with Crippen LogP contribution in [-0.4, -0.2) is 37.0 Å². The molecule has 0 radical (unpaired) electrons. The van der Waals surface area contributed by atoms with Gasteiger partial charge in [-0.25, -0.2) is 4.79 Å². The maximum absolute atomic E-state index is 12.1. The van der Waals surface area contributed by atoms with E-state index in [1.165, 1.54) is 0 Å². The predicted octanol–water partition coefficient (Wildman–Crippen LogP) is 2.93. The van der Waals surface area contributed by atoms with Crippen molar-refractivity contribution in [2.24, 2.45) is 0 Å². The summed E-state index contributed by atoms with van der Waals surface area (Å²) in [5.74, 6) is -0.463. The van der Waals surface area contributed by atoms with Gasteiger partial charge in [0.1, 0.15) is 0 Å². The minimum atomic E-state index is -0.363. The topological polar surface area (TPSA) is 58.6 Å². The van der Waals surface area contributed by atoms with Crippen LogP contribution in [0.2, 0.25) is 0 Å². The Bertz CT molecular complexity index is 669. The monoisotopic (exact) mass is 326 g/mol. The number of hydrogen-bond donors (Lipinski definition) is 1. The molecule has 0 aliphatic carbocycles. The van der Waals surface area contributed by atoms with E-state index in [0.717, 1.165) is 5.56 Å². The summed E-state index contributed by atoms with van der Waals surface area (Å²) in [5, 5.41) is 2.82. The molecule has 1 N–H and O–H groups in total. The quantitative estimate of drug-likeness (QED) is 0.795. The van der Waals surface area contributed by atoms with E-state index in [0.29, 0.717) is 24.4 Å². The molecule has 0 saturated heterocycles. The highest BCUT2D eigenvalue weighted by atomic mass is 16.5. The third-order valence-electron chi connectivity index (χ3n) is 3.39. The van der Waals surface area contributed by atoms with E-state index < -0.39 is 0 Å². The standard InChI is InChI=1S/C19H22N2O3/c1-3-24-19(23)16-9-11-17(12-10-16)20-18(22)14-21(2)13-15-7-5-4-6-8-15/h4-12H,3,13-14H2,1-2H3,(H,20,22). The van der Waals surface area contributed by atoms with E-state index in [9.17, 15) is 9.59 Å². The lowest BCUT2D eigenvalue weighted by Gasteiger charge is -2.16. The second kappa shape index (κ2) is 8.84. The first kappa shape index (κ1) is 17.7. The first-order valence-corrected chi connectivity index (χ1v) is 7.88. The average molecular weight is 326 g/mol. The summed E-state index contributed by atoms with van der Waals surface area (Å²) in [4.78, 5) is 25.6. The number of amides is 1. The van der Waals surface area contributed by atoms with Crippen LogP contribution < -0.4 is 5.32 Å². The minimum Gasteiger partial charge on any atom is -0.462 e. The molecule has 0 fully saturated rings. The van der Waals surface area contributed by atoms with Gasteiger partial charge in [-0.3, -0.25) is 9.69 Å². The van der Waals surface area contributed by atoms with Crippen molar-refractivity contribution < 1.29 is 14.3 Å². The molecule has 0 aromatic heterocycles. The van der Waals surface area contributed by atoms with Crippen LogP contribution in [0.15, 0.2) is 54.6 Å². The van der Waals surface area contributed by atoms with Gasteiger partial charge >= 0.3 is 5.97 Å². The number of nitrogens with zero attached hydrogens (tertiary/aromatic N) is 1. The zero-order valence-corrected chi connectivity index (χ0v) is 14.0. The Morgan fingerprint density at radius 1 is 1.04 bits per heavy atom. The van der Waals surface area contributed by atoms with Crippen LogP contribution >= 0.6 is 0 Å². The van der Waals surface area contributed by atoms with E-state index in [2.05, 4.69) is 5.32 Å². The molecular weight excluding hydrogens is 304 g/mol. The zero-order chi connectivity index (χ0) is 17.4. The third-order valence-corrected chi connectivity index (χ3v) is 3.39. The zero-order valence-electron chi connectivity index (χ0n) is 14.0. The largest absolute Gasteiger partial charge is 0.462 e. The Labute approximate surface area is 142 Å². The number of likely N-dealkylation sites (N-methyl/N-ethyl adjacent to an activating group) is 1. The van der Waals surface area contributed by atoms with Gasteiger partial charge in [-0.15, -0.1) is 0 Å². The summed E-state index contributed by atoms with van der Waals surface area (Å²) in [7, 11) is 1.90. The van der Waals surface area contributed by atoms with Crippen LogP contribution in [-0.2, 0) is 16.1 Å². The van der Waals surface area contributed by atoms with Crippen molar-refractivity contribution in [3.05, 3.63) is 65.7 Å². The van der Waals surface area contributed by atoms with E-state index in [-0.39, 0.29) is 18.4 Å². The van der Waals surface area contributed by atoms with Crippen molar-refractivity contribution in [2.75, 3.05) is 25.5 Å².